The Bertz CT molecular complexity index is 1750. The molecule has 294 valence electrons. The standard InChI is InChI=1S/C44H57Cl2NO7/c1-23(2)7-6-8-24(3)33-11-12-34-29-10-9-27-21-28(13-15-43(27,4)35(29)14-16-44(33,34)5)47-38(48)22-30(25-17-31(41(51)52)39(49)36(45)19-25)26-18-32(42(53)54)40(50)37(46)20-26/h17-20,22-24,27-29,33-35,49-50H,6-16,21H2,1-5H3,(H,47,48)(H,51,52)(H,53,54)/t24?,27-,28-,29?,33?,34?,35?,43-,44+/m0/s1. The zero-order chi connectivity index (χ0) is 39.3. The molecule has 8 nitrogen and oxygen atoms in total. The molecular weight excluding hydrogens is 725 g/mol. The Kier molecular flexibility index (Phi) is 11.8. The summed E-state index contributed by atoms with van der Waals surface area (Å²) in [4.78, 5) is 37.8. The number of halogens is 2. The number of carboxylic acids is 2. The van der Waals surface area contributed by atoms with E-state index in [4.69, 9.17) is 23.2 Å². The van der Waals surface area contributed by atoms with E-state index in [2.05, 4.69) is 39.9 Å². The van der Waals surface area contributed by atoms with E-state index in [1.165, 1.54) is 88.1 Å². The Morgan fingerprint density at radius 1 is 0.796 bits per heavy atom. The molecular formula is C44H57Cl2NO7. The van der Waals surface area contributed by atoms with Crippen LogP contribution in [0.4, 0.5) is 0 Å². The van der Waals surface area contributed by atoms with Crippen molar-refractivity contribution in [3.8, 4) is 11.5 Å². The summed E-state index contributed by atoms with van der Waals surface area (Å²) in [5.41, 5.74) is 0.152. The van der Waals surface area contributed by atoms with Gasteiger partial charge < -0.3 is 25.7 Å². The average Bonchev–Trinajstić information content (AvgIpc) is 3.46. The molecule has 5 unspecified atom stereocenters. The zero-order valence-electron chi connectivity index (χ0n) is 32.3. The molecule has 1 amide bonds. The van der Waals surface area contributed by atoms with Gasteiger partial charge in [0.1, 0.15) is 22.6 Å². The molecule has 2 aromatic rings. The first-order valence-corrected chi connectivity index (χ1v) is 20.7. The smallest absolute Gasteiger partial charge is 0.339 e. The van der Waals surface area contributed by atoms with Crippen molar-refractivity contribution in [2.75, 3.05) is 0 Å². The number of fused-ring (bicyclic) bond motifs is 5. The summed E-state index contributed by atoms with van der Waals surface area (Å²) in [5, 5.41) is 42.8. The van der Waals surface area contributed by atoms with Gasteiger partial charge in [-0.2, -0.15) is 0 Å². The molecule has 6 rings (SSSR count). The van der Waals surface area contributed by atoms with E-state index in [0.29, 0.717) is 17.3 Å². The SMILES string of the molecule is CC(C)CCCC(C)C1CCC2C3CC[C@H]4C[C@@H](NC(=O)C=C(c5cc(Cl)c(O)c(C(=O)O)c5)c5cc(Cl)c(O)c(C(=O)O)c5)CC[C@]4(C)C3CC[C@]12C. The van der Waals surface area contributed by atoms with Gasteiger partial charge in [-0.15, -0.1) is 0 Å². The Morgan fingerprint density at radius 2 is 1.37 bits per heavy atom. The highest BCUT2D eigenvalue weighted by Crippen LogP contribution is 2.68. The van der Waals surface area contributed by atoms with Crippen LogP contribution >= 0.6 is 23.2 Å². The number of nitrogens with one attached hydrogen (secondary N) is 1. The van der Waals surface area contributed by atoms with E-state index in [0.717, 1.165) is 48.9 Å². The third-order valence-electron chi connectivity index (χ3n) is 14.7. The first-order valence-electron chi connectivity index (χ1n) is 20.0. The predicted molar refractivity (Wildman–Crippen MR) is 212 cm³/mol. The van der Waals surface area contributed by atoms with Gasteiger partial charge in [0.15, 0.2) is 0 Å². The van der Waals surface area contributed by atoms with E-state index in [-0.39, 0.29) is 38.2 Å². The molecule has 9 atom stereocenters. The van der Waals surface area contributed by atoms with Crippen LogP contribution in [0.15, 0.2) is 30.3 Å². The van der Waals surface area contributed by atoms with Crippen LogP contribution in [0.5, 0.6) is 11.5 Å². The van der Waals surface area contributed by atoms with Gasteiger partial charge in [-0.25, -0.2) is 9.59 Å². The van der Waals surface area contributed by atoms with Crippen LogP contribution < -0.4 is 5.32 Å². The number of aromatic hydroxyl groups is 2. The minimum absolute atomic E-state index is 0.0583. The van der Waals surface area contributed by atoms with Crippen molar-refractivity contribution in [2.24, 2.45) is 52.3 Å². The fourth-order valence-electron chi connectivity index (χ4n) is 12.0. The van der Waals surface area contributed by atoms with E-state index in [9.17, 15) is 34.8 Å². The lowest BCUT2D eigenvalue weighted by atomic mass is 9.44. The van der Waals surface area contributed by atoms with Crippen molar-refractivity contribution in [3.05, 3.63) is 62.6 Å². The minimum atomic E-state index is -1.43. The van der Waals surface area contributed by atoms with Gasteiger partial charge in [0.2, 0.25) is 5.91 Å². The van der Waals surface area contributed by atoms with Crippen LogP contribution in [0.1, 0.15) is 144 Å². The summed E-state index contributed by atoms with van der Waals surface area (Å²) in [6.45, 7) is 12.3. The molecule has 0 aliphatic heterocycles. The maximum Gasteiger partial charge on any atom is 0.339 e. The second-order valence-electron chi connectivity index (χ2n) is 18.0. The van der Waals surface area contributed by atoms with Gasteiger partial charge in [-0.3, -0.25) is 4.79 Å². The molecule has 0 bridgehead atoms. The molecule has 4 aliphatic rings. The van der Waals surface area contributed by atoms with Crippen molar-refractivity contribution >= 4 is 46.6 Å². The quantitative estimate of drug-likeness (QED) is 0.143. The van der Waals surface area contributed by atoms with Crippen LogP contribution in [-0.4, -0.2) is 44.3 Å². The molecule has 4 saturated carbocycles. The molecule has 4 fully saturated rings. The normalized spacial score (nSPS) is 30.8. The van der Waals surface area contributed by atoms with Gasteiger partial charge in [-0.05, 0) is 151 Å². The molecule has 10 heteroatoms. The van der Waals surface area contributed by atoms with Crippen LogP contribution in [0.3, 0.4) is 0 Å². The van der Waals surface area contributed by atoms with E-state index >= 15 is 0 Å². The molecule has 0 heterocycles. The number of carbonyl (C=O) groups excluding carboxylic acids is 1. The zero-order valence-corrected chi connectivity index (χ0v) is 33.8. The lowest BCUT2D eigenvalue weighted by Crippen LogP contribution is -2.55. The van der Waals surface area contributed by atoms with E-state index in [1.54, 1.807) is 0 Å². The summed E-state index contributed by atoms with van der Waals surface area (Å²) >= 11 is 12.5. The number of hydrogen-bond acceptors (Lipinski definition) is 5. The van der Waals surface area contributed by atoms with Gasteiger partial charge in [0.05, 0.1) is 10.0 Å². The van der Waals surface area contributed by atoms with Crippen LogP contribution in [0.25, 0.3) is 5.57 Å². The minimum Gasteiger partial charge on any atom is -0.505 e. The van der Waals surface area contributed by atoms with Crippen molar-refractivity contribution in [2.45, 2.75) is 118 Å². The van der Waals surface area contributed by atoms with E-state index < -0.39 is 40.5 Å². The second-order valence-corrected chi connectivity index (χ2v) is 18.9. The number of benzene rings is 2. The summed E-state index contributed by atoms with van der Waals surface area (Å²) < 4.78 is 0. The number of rotatable bonds is 11. The molecule has 0 saturated heterocycles. The topological polar surface area (TPSA) is 144 Å². The monoisotopic (exact) mass is 781 g/mol. The Hall–Kier alpha value is -3.23. The van der Waals surface area contributed by atoms with Gasteiger partial charge in [0, 0.05) is 12.1 Å². The van der Waals surface area contributed by atoms with Gasteiger partial charge >= 0.3 is 11.9 Å². The number of carboxylic acid groups (broad SMARTS) is 2. The first kappa shape index (κ1) is 40.4. The van der Waals surface area contributed by atoms with Crippen LogP contribution in [0.2, 0.25) is 10.0 Å². The third-order valence-corrected chi connectivity index (χ3v) is 15.3. The summed E-state index contributed by atoms with van der Waals surface area (Å²) in [5.74, 6) is 0.606. The molecule has 5 N–H and O–H groups in total. The molecule has 2 aromatic carbocycles. The van der Waals surface area contributed by atoms with Crippen molar-refractivity contribution in [3.63, 3.8) is 0 Å². The number of phenols is 2. The largest absolute Gasteiger partial charge is 0.505 e. The first-order chi connectivity index (χ1) is 25.4. The van der Waals surface area contributed by atoms with E-state index in [1.807, 2.05) is 0 Å². The van der Waals surface area contributed by atoms with Crippen molar-refractivity contribution in [1.82, 2.24) is 5.32 Å². The molecule has 0 radical (unpaired) electrons. The van der Waals surface area contributed by atoms with Gasteiger partial charge in [-0.1, -0.05) is 77.1 Å². The lowest BCUT2D eigenvalue weighted by molar-refractivity contribution is -0.125. The second kappa shape index (κ2) is 15.7. The number of amides is 1. The predicted octanol–water partition coefficient (Wildman–Crippen LogP) is 10.8. The maximum absolute atomic E-state index is 13.8. The highest BCUT2D eigenvalue weighted by Gasteiger charge is 2.60. The average molecular weight is 783 g/mol. The lowest BCUT2D eigenvalue weighted by Gasteiger charge is -2.61. The third kappa shape index (κ3) is 7.63. The Morgan fingerprint density at radius 3 is 1.94 bits per heavy atom. The summed E-state index contributed by atoms with van der Waals surface area (Å²) in [6.07, 6.45) is 15.9. The van der Waals surface area contributed by atoms with Crippen molar-refractivity contribution in [1.29, 1.82) is 0 Å². The van der Waals surface area contributed by atoms with Crippen LogP contribution in [0, 0.1) is 52.3 Å². The molecule has 0 spiro atoms. The molecule has 54 heavy (non-hydrogen) atoms. The maximum atomic E-state index is 13.8. The fourth-order valence-corrected chi connectivity index (χ4v) is 12.4. The van der Waals surface area contributed by atoms with Crippen LogP contribution in [-0.2, 0) is 4.79 Å². The molecule has 0 aromatic heterocycles. The summed E-state index contributed by atoms with van der Waals surface area (Å²) in [6, 6.07) is 4.90. The number of aromatic carboxylic acids is 2. The Labute approximate surface area is 329 Å². The Balaban J connectivity index is 1.20. The summed E-state index contributed by atoms with van der Waals surface area (Å²) in [7, 11) is 0. The fraction of sp³-hybridized carbons (Fsp3) is 0.614. The molecule has 4 aliphatic carbocycles. The number of hydrogen-bond donors (Lipinski definition) is 5. The highest BCUT2D eigenvalue weighted by molar-refractivity contribution is 6.33. The van der Waals surface area contributed by atoms with Crippen molar-refractivity contribution < 1.29 is 34.8 Å². The van der Waals surface area contributed by atoms with Gasteiger partial charge in [0.25, 0.3) is 0 Å². The number of carbonyl (C=O) groups is 3. The highest BCUT2D eigenvalue weighted by atomic mass is 35.5.